The average molecular weight is 293 g/mol. The molecule has 19 heavy (non-hydrogen) atoms. The van der Waals surface area contributed by atoms with Crippen molar-refractivity contribution in [2.75, 3.05) is 0 Å². The molecular weight excluding hydrogens is 276 g/mol. The normalized spacial score (nSPS) is 11.0. The number of hydrogen-bond acceptors (Lipinski definition) is 2. The van der Waals surface area contributed by atoms with Crippen molar-refractivity contribution in [3.63, 3.8) is 0 Å². The summed E-state index contributed by atoms with van der Waals surface area (Å²) in [4.78, 5) is 2.18. The fourth-order valence-electron chi connectivity index (χ4n) is 1.77. The molecule has 1 nitrogen and oxygen atoms in total. The molecule has 0 saturated carbocycles. The van der Waals surface area contributed by atoms with Gasteiger partial charge in [0.25, 0.3) is 0 Å². The molecule has 0 amide bonds. The van der Waals surface area contributed by atoms with Crippen molar-refractivity contribution in [2.24, 2.45) is 0 Å². The third-order valence-electron chi connectivity index (χ3n) is 2.95. The van der Waals surface area contributed by atoms with Crippen LogP contribution in [0.2, 0.25) is 5.02 Å². The first kappa shape index (κ1) is 14.4. The zero-order valence-electron chi connectivity index (χ0n) is 11.1. The molecule has 0 aliphatic carbocycles. The van der Waals surface area contributed by atoms with E-state index in [1.807, 2.05) is 18.2 Å². The monoisotopic (exact) mass is 292 g/mol. The van der Waals surface area contributed by atoms with Crippen LogP contribution in [0.3, 0.4) is 0 Å². The summed E-state index contributed by atoms with van der Waals surface area (Å²) in [5, 5.41) is 9.74. The highest BCUT2D eigenvalue weighted by molar-refractivity contribution is 7.99. The Morgan fingerprint density at radius 2 is 1.79 bits per heavy atom. The van der Waals surface area contributed by atoms with Gasteiger partial charge in [-0.05, 0) is 41.3 Å². The molecule has 0 aromatic heterocycles. The Balaban J connectivity index is 2.16. The third-order valence-corrected chi connectivity index (χ3v) is 4.46. The second-order valence-corrected chi connectivity index (χ2v) is 6.27. The van der Waals surface area contributed by atoms with Gasteiger partial charge in [-0.3, -0.25) is 0 Å². The second kappa shape index (κ2) is 6.47. The number of aliphatic hydroxyl groups excluding tert-OH is 1. The molecule has 0 aliphatic rings. The van der Waals surface area contributed by atoms with E-state index in [0.717, 1.165) is 10.5 Å². The van der Waals surface area contributed by atoms with Crippen LogP contribution in [0.4, 0.5) is 0 Å². The first-order valence-electron chi connectivity index (χ1n) is 6.27. The molecule has 2 aromatic rings. The maximum atomic E-state index is 9.06. The van der Waals surface area contributed by atoms with Gasteiger partial charge in [0.1, 0.15) is 0 Å². The largest absolute Gasteiger partial charge is 0.392 e. The molecule has 0 atom stereocenters. The maximum Gasteiger partial charge on any atom is 0.0682 e. The van der Waals surface area contributed by atoms with Crippen molar-refractivity contribution in [1.82, 2.24) is 0 Å². The summed E-state index contributed by atoms with van der Waals surface area (Å²) < 4.78 is 0. The number of aliphatic hydroxyl groups is 1. The van der Waals surface area contributed by atoms with Crippen LogP contribution < -0.4 is 0 Å². The number of hydrogen-bond donors (Lipinski definition) is 1. The standard InChI is InChI=1S/C16H17ClOS/c1-11(2)13-4-6-14(7-5-13)19-16-8-3-12(10-18)9-15(16)17/h3-9,11,18H,10H2,1-2H3. The van der Waals surface area contributed by atoms with E-state index in [9.17, 15) is 0 Å². The Morgan fingerprint density at radius 3 is 2.32 bits per heavy atom. The van der Waals surface area contributed by atoms with Gasteiger partial charge in [0, 0.05) is 9.79 Å². The van der Waals surface area contributed by atoms with E-state index in [1.54, 1.807) is 11.8 Å². The zero-order chi connectivity index (χ0) is 13.8. The van der Waals surface area contributed by atoms with Crippen molar-refractivity contribution in [2.45, 2.75) is 36.2 Å². The highest BCUT2D eigenvalue weighted by atomic mass is 35.5. The van der Waals surface area contributed by atoms with Crippen LogP contribution in [-0.4, -0.2) is 5.11 Å². The Kier molecular flexibility index (Phi) is 4.92. The van der Waals surface area contributed by atoms with Crippen LogP contribution in [-0.2, 0) is 6.61 Å². The molecule has 2 rings (SSSR count). The van der Waals surface area contributed by atoms with Crippen molar-refractivity contribution in [3.05, 3.63) is 58.6 Å². The summed E-state index contributed by atoms with van der Waals surface area (Å²) in [7, 11) is 0. The first-order valence-corrected chi connectivity index (χ1v) is 7.46. The second-order valence-electron chi connectivity index (χ2n) is 4.75. The molecule has 0 unspecified atom stereocenters. The summed E-state index contributed by atoms with van der Waals surface area (Å²) in [5.74, 6) is 0.548. The topological polar surface area (TPSA) is 20.2 Å². The Labute approximate surface area is 123 Å². The summed E-state index contributed by atoms with van der Waals surface area (Å²) in [6.45, 7) is 4.40. The Morgan fingerprint density at radius 1 is 1.11 bits per heavy atom. The smallest absolute Gasteiger partial charge is 0.0682 e. The van der Waals surface area contributed by atoms with E-state index in [-0.39, 0.29) is 6.61 Å². The molecule has 100 valence electrons. The van der Waals surface area contributed by atoms with Crippen molar-refractivity contribution in [1.29, 1.82) is 0 Å². The number of rotatable bonds is 4. The third kappa shape index (κ3) is 3.75. The molecule has 1 N–H and O–H groups in total. The molecule has 0 heterocycles. The van der Waals surface area contributed by atoms with Crippen molar-refractivity contribution in [3.8, 4) is 0 Å². The number of benzene rings is 2. The number of halogens is 1. The quantitative estimate of drug-likeness (QED) is 0.845. The van der Waals surface area contributed by atoms with Crippen LogP contribution in [0.1, 0.15) is 30.9 Å². The summed E-state index contributed by atoms with van der Waals surface area (Å²) in [6, 6.07) is 14.2. The lowest BCUT2D eigenvalue weighted by atomic mass is 10.0. The first-order chi connectivity index (χ1) is 9.10. The minimum atomic E-state index is 0.0216. The highest BCUT2D eigenvalue weighted by Gasteiger charge is 2.05. The van der Waals surface area contributed by atoms with Gasteiger partial charge in [-0.2, -0.15) is 0 Å². The maximum absolute atomic E-state index is 9.06. The van der Waals surface area contributed by atoms with Gasteiger partial charge in [-0.25, -0.2) is 0 Å². The lowest BCUT2D eigenvalue weighted by Crippen LogP contribution is -1.86. The van der Waals surface area contributed by atoms with Gasteiger partial charge in [0.2, 0.25) is 0 Å². The Bertz CT molecular complexity index is 549. The minimum Gasteiger partial charge on any atom is -0.392 e. The van der Waals surface area contributed by atoms with Crippen molar-refractivity contribution >= 4 is 23.4 Å². The molecule has 0 fully saturated rings. The van der Waals surface area contributed by atoms with Crippen LogP contribution in [0.15, 0.2) is 52.3 Å². The molecule has 0 saturated heterocycles. The van der Waals surface area contributed by atoms with Gasteiger partial charge in [-0.1, -0.05) is 55.4 Å². The fourth-order valence-corrected chi connectivity index (χ4v) is 2.91. The predicted octanol–water partition coefficient (Wildman–Crippen LogP) is 5.11. The minimum absolute atomic E-state index is 0.0216. The van der Waals surface area contributed by atoms with E-state index in [2.05, 4.69) is 38.1 Å². The van der Waals surface area contributed by atoms with Crippen LogP contribution in [0, 0.1) is 0 Å². The van der Waals surface area contributed by atoms with Crippen LogP contribution >= 0.6 is 23.4 Å². The van der Waals surface area contributed by atoms with Crippen LogP contribution in [0.25, 0.3) is 0 Å². The van der Waals surface area contributed by atoms with E-state index in [0.29, 0.717) is 10.9 Å². The average Bonchev–Trinajstić information content (AvgIpc) is 2.41. The molecule has 0 spiro atoms. The van der Waals surface area contributed by atoms with E-state index in [4.69, 9.17) is 16.7 Å². The lowest BCUT2D eigenvalue weighted by molar-refractivity contribution is 0.282. The molecule has 0 bridgehead atoms. The molecule has 0 radical (unpaired) electrons. The molecular formula is C16H17ClOS. The van der Waals surface area contributed by atoms with Gasteiger partial charge < -0.3 is 5.11 Å². The summed E-state index contributed by atoms with van der Waals surface area (Å²) >= 11 is 7.85. The molecule has 2 aromatic carbocycles. The predicted molar refractivity (Wildman–Crippen MR) is 82.0 cm³/mol. The summed E-state index contributed by atoms with van der Waals surface area (Å²) in [6.07, 6.45) is 0. The van der Waals surface area contributed by atoms with E-state index < -0.39 is 0 Å². The highest BCUT2D eigenvalue weighted by Crippen LogP contribution is 2.34. The van der Waals surface area contributed by atoms with Crippen molar-refractivity contribution < 1.29 is 5.11 Å². The lowest BCUT2D eigenvalue weighted by Gasteiger charge is -2.08. The van der Waals surface area contributed by atoms with E-state index >= 15 is 0 Å². The molecule has 0 aliphatic heterocycles. The SMILES string of the molecule is CC(C)c1ccc(Sc2ccc(CO)cc2Cl)cc1. The Hall–Kier alpha value is -0.960. The van der Waals surface area contributed by atoms with Crippen LogP contribution in [0.5, 0.6) is 0 Å². The van der Waals surface area contributed by atoms with Gasteiger partial charge in [0.15, 0.2) is 0 Å². The fraction of sp³-hybridized carbons (Fsp3) is 0.250. The van der Waals surface area contributed by atoms with Gasteiger partial charge >= 0.3 is 0 Å². The zero-order valence-corrected chi connectivity index (χ0v) is 12.6. The van der Waals surface area contributed by atoms with Gasteiger partial charge in [-0.15, -0.1) is 0 Å². The summed E-state index contributed by atoms with van der Waals surface area (Å²) in [5.41, 5.74) is 2.18. The van der Waals surface area contributed by atoms with E-state index in [1.165, 1.54) is 10.5 Å². The van der Waals surface area contributed by atoms with Gasteiger partial charge in [0.05, 0.1) is 11.6 Å². The molecule has 3 heteroatoms.